The largest absolute Gasteiger partial charge is 0.481 e. The molecule has 154 valence electrons. The Balaban J connectivity index is 2.13. The minimum Gasteiger partial charge on any atom is -0.481 e. The van der Waals surface area contributed by atoms with Gasteiger partial charge in [-0.15, -0.1) is 0 Å². The Morgan fingerprint density at radius 1 is 0.933 bits per heavy atom. The van der Waals surface area contributed by atoms with Crippen LogP contribution in [-0.4, -0.2) is 44.3 Å². The van der Waals surface area contributed by atoms with Gasteiger partial charge >= 0.3 is 12.0 Å². The summed E-state index contributed by atoms with van der Waals surface area (Å²) in [6, 6.07) is 8.93. The van der Waals surface area contributed by atoms with Crippen molar-refractivity contribution >= 4 is 29.3 Å². The van der Waals surface area contributed by atoms with Gasteiger partial charge in [0.25, 0.3) is 17.3 Å². The summed E-state index contributed by atoms with van der Waals surface area (Å²) in [6.07, 6.45) is -0.476. The molecule has 3 amide bonds. The number of non-ortho nitro benzene ring substituents is 2. The van der Waals surface area contributed by atoms with Crippen molar-refractivity contribution in [2.24, 2.45) is 0 Å². The first-order valence-corrected chi connectivity index (χ1v) is 8.52. The number of nitro benzene ring substituents is 2. The highest BCUT2D eigenvalue weighted by atomic mass is 16.6. The van der Waals surface area contributed by atoms with Gasteiger partial charge in [0.2, 0.25) is 0 Å². The van der Waals surface area contributed by atoms with Crippen LogP contribution >= 0.6 is 0 Å². The van der Waals surface area contributed by atoms with E-state index >= 15 is 0 Å². The second kappa shape index (κ2) is 7.58. The molecule has 0 spiro atoms. The summed E-state index contributed by atoms with van der Waals surface area (Å²) in [4.78, 5) is 58.0. The van der Waals surface area contributed by atoms with Gasteiger partial charge in [-0.25, -0.2) is 4.79 Å². The number of benzene rings is 2. The molecule has 0 atom stereocenters. The Kier molecular flexibility index (Phi) is 5.15. The molecule has 1 aliphatic rings. The van der Waals surface area contributed by atoms with E-state index in [1.54, 1.807) is 0 Å². The molecule has 0 radical (unpaired) electrons. The Morgan fingerprint density at radius 2 is 1.37 bits per heavy atom. The fourth-order valence-electron chi connectivity index (χ4n) is 3.21. The van der Waals surface area contributed by atoms with Gasteiger partial charge < -0.3 is 10.4 Å². The minimum absolute atomic E-state index is 0.179. The lowest BCUT2D eigenvalue weighted by Gasteiger charge is -2.27. The van der Waals surface area contributed by atoms with E-state index in [2.05, 4.69) is 5.32 Å². The van der Waals surface area contributed by atoms with Gasteiger partial charge in [-0.3, -0.25) is 34.7 Å². The molecule has 2 aromatic carbocycles. The predicted molar refractivity (Wildman–Crippen MR) is 99.5 cm³/mol. The van der Waals surface area contributed by atoms with Crippen molar-refractivity contribution in [3.8, 4) is 0 Å². The molecule has 0 aliphatic carbocycles. The molecule has 3 rings (SSSR count). The van der Waals surface area contributed by atoms with E-state index in [1.165, 1.54) is 24.3 Å². The fourth-order valence-corrected chi connectivity index (χ4v) is 3.21. The Morgan fingerprint density at radius 3 is 1.73 bits per heavy atom. The molecule has 1 heterocycles. The molecule has 0 aromatic heterocycles. The Bertz CT molecular complexity index is 991. The first-order valence-electron chi connectivity index (χ1n) is 8.52. The van der Waals surface area contributed by atoms with E-state index < -0.39 is 39.7 Å². The van der Waals surface area contributed by atoms with Crippen molar-refractivity contribution in [1.82, 2.24) is 10.2 Å². The van der Waals surface area contributed by atoms with Crippen LogP contribution in [0.2, 0.25) is 0 Å². The predicted octanol–water partition coefficient (Wildman–Crippen LogP) is 1.77. The normalized spacial score (nSPS) is 15.0. The van der Waals surface area contributed by atoms with Gasteiger partial charge in [-0.05, 0) is 35.4 Å². The number of amides is 3. The van der Waals surface area contributed by atoms with Crippen molar-refractivity contribution in [2.75, 3.05) is 6.54 Å². The number of carboxylic acids is 1. The number of carbonyl (C=O) groups excluding carboxylic acids is 2. The Hall–Kier alpha value is -4.35. The van der Waals surface area contributed by atoms with Gasteiger partial charge in [0, 0.05) is 30.8 Å². The quantitative estimate of drug-likeness (QED) is 0.392. The maximum atomic E-state index is 13.3. The molecule has 2 N–H and O–H groups in total. The number of rotatable bonds is 7. The lowest BCUT2D eigenvalue weighted by molar-refractivity contribution is -0.385. The molecule has 1 fully saturated rings. The highest BCUT2D eigenvalue weighted by Gasteiger charge is 2.53. The number of nitro groups is 2. The maximum absolute atomic E-state index is 13.3. The smallest absolute Gasteiger partial charge is 0.325 e. The third-order valence-corrected chi connectivity index (χ3v) is 4.68. The SMILES string of the molecule is O=C(O)CCN1C(=O)NC(c2ccc([N+](=O)[O-])cc2)(c2ccc([N+](=O)[O-])cc2)C1=O. The summed E-state index contributed by atoms with van der Waals surface area (Å²) in [6.45, 7) is -0.387. The van der Waals surface area contributed by atoms with E-state index in [-0.39, 0.29) is 29.0 Å². The molecule has 0 bridgehead atoms. The molecule has 1 aliphatic heterocycles. The molecular formula is C18H14N4O8. The van der Waals surface area contributed by atoms with Crippen molar-refractivity contribution in [1.29, 1.82) is 0 Å². The maximum Gasteiger partial charge on any atom is 0.325 e. The zero-order valence-electron chi connectivity index (χ0n) is 15.2. The number of nitrogens with one attached hydrogen (secondary N) is 1. The van der Waals surface area contributed by atoms with E-state index in [4.69, 9.17) is 5.11 Å². The van der Waals surface area contributed by atoms with Crippen molar-refractivity contribution in [2.45, 2.75) is 12.0 Å². The van der Waals surface area contributed by atoms with Crippen molar-refractivity contribution in [3.05, 3.63) is 79.9 Å². The van der Waals surface area contributed by atoms with Gasteiger partial charge in [0.05, 0.1) is 16.3 Å². The number of imide groups is 1. The van der Waals surface area contributed by atoms with Crippen LogP contribution in [0.25, 0.3) is 0 Å². The van der Waals surface area contributed by atoms with Crippen LogP contribution in [0.4, 0.5) is 16.2 Å². The van der Waals surface area contributed by atoms with E-state index in [9.17, 15) is 34.6 Å². The van der Waals surface area contributed by atoms with Crippen LogP contribution in [0, 0.1) is 20.2 Å². The molecule has 2 aromatic rings. The van der Waals surface area contributed by atoms with Crippen molar-refractivity contribution in [3.63, 3.8) is 0 Å². The highest BCUT2D eigenvalue weighted by molar-refractivity contribution is 6.09. The minimum atomic E-state index is -1.82. The molecule has 0 saturated carbocycles. The number of carboxylic acid groups (broad SMARTS) is 1. The molecular weight excluding hydrogens is 400 g/mol. The average Bonchev–Trinajstić information content (AvgIpc) is 2.97. The molecule has 12 nitrogen and oxygen atoms in total. The van der Waals surface area contributed by atoms with E-state index in [0.29, 0.717) is 0 Å². The summed E-state index contributed by atoms with van der Waals surface area (Å²) in [5, 5.41) is 33.3. The summed E-state index contributed by atoms with van der Waals surface area (Å²) in [5.41, 5.74) is -1.94. The molecule has 1 saturated heterocycles. The number of hydrogen-bond donors (Lipinski definition) is 2. The monoisotopic (exact) mass is 414 g/mol. The Labute approximate surface area is 168 Å². The van der Waals surface area contributed by atoms with Gasteiger partial charge in [0.15, 0.2) is 5.54 Å². The number of aliphatic carboxylic acids is 1. The zero-order valence-corrected chi connectivity index (χ0v) is 15.2. The van der Waals surface area contributed by atoms with E-state index in [0.717, 1.165) is 29.2 Å². The number of carbonyl (C=O) groups is 3. The lowest BCUT2D eigenvalue weighted by atomic mass is 9.82. The van der Waals surface area contributed by atoms with Gasteiger partial charge in [0.1, 0.15) is 0 Å². The van der Waals surface area contributed by atoms with E-state index in [1.807, 2.05) is 0 Å². The first kappa shape index (κ1) is 20.4. The third-order valence-electron chi connectivity index (χ3n) is 4.68. The van der Waals surface area contributed by atoms with Crippen LogP contribution in [0.1, 0.15) is 17.5 Å². The van der Waals surface area contributed by atoms with Crippen molar-refractivity contribution < 1.29 is 29.3 Å². The standard InChI is InChI=1S/C18H14N4O8/c23-15(24)9-10-20-16(25)18(19-17(20)26,11-1-5-13(6-2-11)21(27)28)12-3-7-14(8-4-12)22(29)30/h1-8H,9-10H2,(H,19,26)(H,23,24). The second-order valence-electron chi connectivity index (χ2n) is 6.39. The van der Waals surface area contributed by atoms with Crippen LogP contribution in [0.5, 0.6) is 0 Å². The third kappa shape index (κ3) is 3.41. The van der Waals surface area contributed by atoms with Crippen LogP contribution in [0.3, 0.4) is 0 Å². The lowest BCUT2D eigenvalue weighted by Crippen LogP contribution is -2.45. The summed E-state index contributed by atoms with van der Waals surface area (Å²) in [7, 11) is 0. The molecule has 30 heavy (non-hydrogen) atoms. The summed E-state index contributed by atoms with van der Waals surface area (Å²) < 4.78 is 0. The van der Waals surface area contributed by atoms with Crippen LogP contribution < -0.4 is 5.32 Å². The van der Waals surface area contributed by atoms with Gasteiger partial charge in [-0.2, -0.15) is 0 Å². The average molecular weight is 414 g/mol. The van der Waals surface area contributed by atoms with Crippen LogP contribution in [0.15, 0.2) is 48.5 Å². The summed E-state index contributed by atoms with van der Waals surface area (Å²) >= 11 is 0. The topological polar surface area (TPSA) is 173 Å². The zero-order chi connectivity index (χ0) is 22.1. The van der Waals surface area contributed by atoms with Crippen LogP contribution in [-0.2, 0) is 15.1 Å². The number of urea groups is 1. The summed E-state index contributed by atoms with van der Waals surface area (Å²) in [5.74, 6) is -2.00. The van der Waals surface area contributed by atoms with Gasteiger partial charge in [-0.1, -0.05) is 0 Å². The number of hydrogen-bond acceptors (Lipinski definition) is 7. The molecule has 12 heteroatoms. The highest BCUT2D eigenvalue weighted by Crippen LogP contribution is 2.37. The number of nitrogens with zero attached hydrogens (tertiary/aromatic N) is 3. The first-order chi connectivity index (χ1) is 14.2. The second-order valence-corrected chi connectivity index (χ2v) is 6.39. The fraction of sp³-hybridized carbons (Fsp3) is 0.167. The molecule has 0 unspecified atom stereocenters.